The van der Waals surface area contributed by atoms with Crippen molar-refractivity contribution in [3.05, 3.63) is 76.8 Å². The highest BCUT2D eigenvalue weighted by Gasteiger charge is 2.30. The zero-order chi connectivity index (χ0) is 20.1. The molecule has 0 aliphatic rings. The van der Waals surface area contributed by atoms with Gasteiger partial charge >= 0.3 is 6.18 Å². The van der Waals surface area contributed by atoms with Crippen molar-refractivity contribution in [2.24, 2.45) is 0 Å². The van der Waals surface area contributed by atoms with Crippen molar-refractivity contribution in [1.82, 2.24) is 4.98 Å². The fraction of sp³-hybridized carbons (Fsp3) is 0.105. The topological polar surface area (TPSA) is 71.1 Å². The van der Waals surface area contributed by atoms with Crippen molar-refractivity contribution in [2.45, 2.75) is 12.6 Å². The predicted molar refractivity (Wildman–Crippen MR) is 100 cm³/mol. The van der Waals surface area contributed by atoms with Crippen LogP contribution in [0.3, 0.4) is 0 Å². The number of carbonyl (C=O) groups excluding carboxylic acids is 2. The smallest absolute Gasteiger partial charge is 0.321 e. The van der Waals surface area contributed by atoms with Gasteiger partial charge in [-0.15, -0.1) is 11.3 Å². The van der Waals surface area contributed by atoms with Crippen molar-refractivity contribution in [3.63, 3.8) is 0 Å². The molecule has 28 heavy (non-hydrogen) atoms. The van der Waals surface area contributed by atoms with Crippen molar-refractivity contribution >= 4 is 34.0 Å². The van der Waals surface area contributed by atoms with E-state index in [1.165, 1.54) is 17.5 Å². The van der Waals surface area contributed by atoms with Gasteiger partial charge in [-0.2, -0.15) is 13.2 Å². The first-order valence-electron chi connectivity index (χ1n) is 8.09. The van der Waals surface area contributed by atoms with Crippen LogP contribution in [0.4, 0.5) is 24.0 Å². The van der Waals surface area contributed by atoms with Crippen molar-refractivity contribution in [2.75, 3.05) is 10.6 Å². The Morgan fingerprint density at radius 2 is 1.75 bits per heavy atom. The van der Waals surface area contributed by atoms with Gasteiger partial charge in [0.05, 0.1) is 12.0 Å². The van der Waals surface area contributed by atoms with Gasteiger partial charge < -0.3 is 10.6 Å². The molecule has 144 valence electrons. The van der Waals surface area contributed by atoms with Gasteiger partial charge in [0.2, 0.25) is 5.91 Å². The molecule has 0 saturated carbocycles. The third-order valence-corrected chi connectivity index (χ3v) is 4.40. The van der Waals surface area contributed by atoms with E-state index >= 15 is 0 Å². The number of nitrogens with zero attached hydrogens (tertiary/aromatic N) is 1. The van der Waals surface area contributed by atoms with Crippen LogP contribution in [0.1, 0.15) is 21.6 Å². The lowest BCUT2D eigenvalue weighted by Crippen LogP contribution is -2.16. The lowest BCUT2D eigenvalue weighted by atomic mass is 10.1. The molecule has 3 rings (SSSR count). The van der Waals surface area contributed by atoms with E-state index in [1.807, 2.05) is 30.3 Å². The number of halogens is 3. The molecule has 1 heterocycles. The summed E-state index contributed by atoms with van der Waals surface area (Å²) < 4.78 is 38.2. The second-order valence-corrected chi connectivity index (χ2v) is 6.64. The zero-order valence-electron chi connectivity index (χ0n) is 14.3. The number of benzene rings is 2. The Hall–Kier alpha value is -3.20. The molecule has 0 spiro atoms. The minimum Gasteiger partial charge on any atom is -0.321 e. The molecule has 0 bridgehead atoms. The molecule has 2 aromatic carbocycles. The number of nitrogens with one attached hydrogen (secondary N) is 2. The van der Waals surface area contributed by atoms with Crippen LogP contribution in [0, 0.1) is 0 Å². The van der Waals surface area contributed by atoms with E-state index in [1.54, 1.807) is 0 Å². The van der Waals surface area contributed by atoms with E-state index in [4.69, 9.17) is 0 Å². The highest BCUT2D eigenvalue weighted by Crippen LogP contribution is 2.30. The van der Waals surface area contributed by atoms with Gasteiger partial charge in [0.1, 0.15) is 5.69 Å². The third kappa shape index (κ3) is 5.17. The van der Waals surface area contributed by atoms with Crippen LogP contribution in [-0.4, -0.2) is 16.8 Å². The summed E-state index contributed by atoms with van der Waals surface area (Å²) in [6.07, 6.45) is -4.34. The first-order valence-corrected chi connectivity index (χ1v) is 8.97. The molecule has 0 unspecified atom stereocenters. The Balaban J connectivity index is 1.62. The maximum atomic E-state index is 12.7. The van der Waals surface area contributed by atoms with Crippen molar-refractivity contribution in [3.8, 4) is 0 Å². The second-order valence-electron chi connectivity index (χ2n) is 5.78. The van der Waals surface area contributed by atoms with E-state index in [-0.39, 0.29) is 28.8 Å². The monoisotopic (exact) mass is 405 g/mol. The number of hydrogen-bond donors (Lipinski definition) is 2. The van der Waals surface area contributed by atoms with Crippen molar-refractivity contribution < 1.29 is 22.8 Å². The summed E-state index contributed by atoms with van der Waals surface area (Å²) in [6.45, 7) is 0. The minimum atomic E-state index is -4.50. The summed E-state index contributed by atoms with van der Waals surface area (Å²) >= 11 is 1.05. The van der Waals surface area contributed by atoms with Gasteiger partial charge in [-0.25, -0.2) is 4.98 Å². The highest BCUT2D eigenvalue weighted by atomic mass is 32.1. The number of rotatable bonds is 5. The largest absolute Gasteiger partial charge is 0.416 e. The van der Waals surface area contributed by atoms with E-state index < -0.39 is 17.6 Å². The summed E-state index contributed by atoms with van der Waals surface area (Å²) in [4.78, 5) is 28.2. The molecular formula is C19H14F3N3O2S. The van der Waals surface area contributed by atoms with Gasteiger partial charge in [0.25, 0.3) is 5.91 Å². The lowest BCUT2D eigenvalue weighted by molar-refractivity contribution is -0.137. The number of thiazole rings is 1. The van der Waals surface area contributed by atoms with E-state index in [9.17, 15) is 22.8 Å². The second kappa shape index (κ2) is 8.22. The van der Waals surface area contributed by atoms with Gasteiger partial charge in [-0.1, -0.05) is 36.4 Å². The summed E-state index contributed by atoms with van der Waals surface area (Å²) in [5, 5.41) is 6.62. The predicted octanol–water partition coefficient (Wildman–Crippen LogP) is 4.60. The summed E-state index contributed by atoms with van der Waals surface area (Å²) in [5.41, 5.74) is -0.0311. The molecule has 3 aromatic rings. The molecule has 0 aliphatic carbocycles. The van der Waals surface area contributed by atoms with E-state index in [2.05, 4.69) is 15.6 Å². The number of alkyl halides is 3. The Kier molecular flexibility index (Phi) is 5.74. The van der Waals surface area contributed by atoms with Crippen LogP contribution in [0.25, 0.3) is 0 Å². The maximum Gasteiger partial charge on any atom is 0.416 e. The lowest BCUT2D eigenvalue weighted by Gasteiger charge is -2.09. The molecule has 0 radical (unpaired) electrons. The first kappa shape index (κ1) is 19.6. The molecule has 2 amide bonds. The van der Waals surface area contributed by atoms with Crippen LogP contribution >= 0.6 is 11.3 Å². The molecule has 0 saturated heterocycles. The minimum absolute atomic E-state index is 0.00230. The molecule has 0 aliphatic heterocycles. The van der Waals surface area contributed by atoms with Crippen molar-refractivity contribution in [1.29, 1.82) is 0 Å². The first-order chi connectivity index (χ1) is 13.3. The molecule has 1 aromatic heterocycles. The van der Waals surface area contributed by atoms with Gasteiger partial charge in [0, 0.05) is 11.1 Å². The summed E-state index contributed by atoms with van der Waals surface area (Å²) in [6, 6.07) is 13.4. The number of aromatic nitrogens is 1. The standard InChI is InChI=1S/C19H14F3N3O2S/c20-19(21,22)13-7-4-8-14(10-13)23-17(27)15-11-28-18(24-15)25-16(26)9-12-5-2-1-3-6-12/h1-8,10-11H,9H2,(H,23,27)(H,24,25,26). The number of hydrogen-bond acceptors (Lipinski definition) is 4. The zero-order valence-corrected chi connectivity index (χ0v) is 15.1. The Morgan fingerprint density at radius 1 is 1.00 bits per heavy atom. The molecular weight excluding hydrogens is 391 g/mol. The molecule has 9 heteroatoms. The normalized spacial score (nSPS) is 11.1. The number of anilines is 2. The molecule has 0 atom stereocenters. The average Bonchev–Trinajstić information content (AvgIpc) is 3.10. The maximum absolute atomic E-state index is 12.7. The highest BCUT2D eigenvalue weighted by molar-refractivity contribution is 7.14. The Bertz CT molecular complexity index is 987. The fourth-order valence-electron chi connectivity index (χ4n) is 2.35. The van der Waals surface area contributed by atoms with Crippen LogP contribution in [-0.2, 0) is 17.4 Å². The molecule has 5 nitrogen and oxygen atoms in total. The summed E-state index contributed by atoms with van der Waals surface area (Å²) in [5.74, 6) is -0.954. The molecule has 2 N–H and O–H groups in total. The van der Waals surface area contributed by atoms with Crippen LogP contribution < -0.4 is 10.6 Å². The average molecular weight is 405 g/mol. The van der Waals surface area contributed by atoms with E-state index in [0.29, 0.717) is 0 Å². The van der Waals surface area contributed by atoms with Crippen LogP contribution in [0.5, 0.6) is 0 Å². The fourth-order valence-corrected chi connectivity index (χ4v) is 3.06. The summed E-state index contributed by atoms with van der Waals surface area (Å²) in [7, 11) is 0. The van der Waals surface area contributed by atoms with Crippen LogP contribution in [0.2, 0.25) is 0 Å². The molecule has 0 fully saturated rings. The van der Waals surface area contributed by atoms with Gasteiger partial charge in [-0.05, 0) is 23.8 Å². The van der Waals surface area contributed by atoms with Gasteiger partial charge in [-0.3, -0.25) is 9.59 Å². The van der Waals surface area contributed by atoms with E-state index in [0.717, 1.165) is 29.0 Å². The van der Waals surface area contributed by atoms with Gasteiger partial charge in [0.15, 0.2) is 5.13 Å². The Labute approximate surface area is 162 Å². The SMILES string of the molecule is O=C(Cc1ccccc1)Nc1nc(C(=O)Nc2cccc(C(F)(F)F)c2)cs1. The Morgan fingerprint density at radius 3 is 2.46 bits per heavy atom. The number of carbonyl (C=O) groups is 2. The number of amides is 2. The van der Waals surface area contributed by atoms with Crippen LogP contribution in [0.15, 0.2) is 60.0 Å². The quantitative estimate of drug-likeness (QED) is 0.652. The third-order valence-electron chi connectivity index (χ3n) is 3.64.